The Morgan fingerprint density at radius 1 is 1.10 bits per heavy atom. The van der Waals surface area contributed by atoms with Gasteiger partial charge in [0.2, 0.25) is 0 Å². The molecule has 3 rings (SSSR count). The Hall–Kier alpha value is -1.02. The Labute approximate surface area is 123 Å². The maximum Gasteiger partial charge on any atom is 0.0366 e. The zero-order chi connectivity index (χ0) is 13.8. The van der Waals surface area contributed by atoms with Crippen molar-refractivity contribution < 1.29 is 0 Å². The van der Waals surface area contributed by atoms with E-state index in [2.05, 4.69) is 41.4 Å². The Morgan fingerprint density at radius 3 is 2.45 bits per heavy atom. The van der Waals surface area contributed by atoms with E-state index in [-0.39, 0.29) is 0 Å². The molecule has 1 aliphatic heterocycles. The summed E-state index contributed by atoms with van der Waals surface area (Å²) < 4.78 is 0. The normalized spacial score (nSPS) is 20.9. The predicted molar refractivity (Wildman–Crippen MR) is 86.1 cm³/mol. The van der Waals surface area contributed by atoms with Crippen molar-refractivity contribution in [3.63, 3.8) is 0 Å². The second kappa shape index (κ2) is 6.62. The average Bonchev–Trinajstić information content (AvgIpc) is 3.33. The number of hydrogen-bond acceptors (Lipinski definition) is 2. The number of anilines is 1. The van der Waals surface area contributed by atoms with Gasteiger partial charge in [-0.2, -0.15) is 0 Å². The molecule has 2 nitrogen and oxygen atoms in total. The highest BCUT2D eigenvalue weighted by Crippen LogP contribution is 2.36. The Bertz CT molecular complexity index is 402. The number of piperidine rings is 1. The van der Waals surface area contributed by atoms with Gasteiger partial charge in [0.05, 0.1) is 0 Å². The van der Waals surface area contributed by atoms with Gasteiger partial charge < -0.3 is 10.2 Å². The first kappa shape index (κ1) is 13.9. The van der Waals surface area contributed by atoms with Crippen LogP contribution in [0.2, 0.25) is 0 Å². The number of benzene rings is 1. The first-order chi connectivity index (χ1) is 9.83. The van der Waals surface area contributed by atoms with Crippen LogP contribution < -0.4 is 10.2 Å². The topological polar surface area (TPSA) is 15.3 Å². The standard InChI is InChI=1S/C18H28N2/c1-15(17-7-8-17)13-19-14-16-5-9-18(10-6-16)20-11-3-2-4-12-20/h5-6,9-10,15,17,19H,2-4,7-8,11-14H2,1H3. The van der Waals surface area contributed by atoms with Crippen molar-refractivity contribution in [1.29, 1.82) is 0 Å². The molecule has 2 heteroatoms. The van der Waals surface area contributed by atoms with Crippen LogP contribution in [0.5, 0.6) is 0 Å². The van der Waals surface area contributed by atoms with Gasteiger partial charge in [0.15, 0.2) is 0 Å². The van der Waals surface area contributed by atoms with Crippen molar-refractivity contribution in [2.45, 2.75) is 45.6 Å². The molecular formula is C18H28N2. The van der Waals surface area contributed by atoms with E-state index < -0.39 is 0 Å². The number of nitrogens with one attached hydrogen (secondary N) is 1. The summed E-state index contributed by atoms with van der Waals surface area (Å²) in [7, 11) is 0. The molecule has 1 aromatic carbocycles. The summed E-state index contributed by atoms with van der Waals surface area (Å²) in [6, 6.07) is 9.18. The molecule has 0 radical (unpaired) electrons. The van der Waals surface area contributed by atoms with Crippen molar-refractivity contribution in [3.05, 3.63) is 29.8 Å². The van der Waals surface area contributed by atoms with Crippen LogP contribution in [0.15, 0.2) is 24.3 Å². The first-order valence-corrected chi connectivity index (χ1v) is 8.37. The predicted octanol–water partition coefficient (Wildman–Crippen LogP) is 3.81. The molecule has 1 unspecified atom stereocenters. The Kier molecular flexibility index (Phi) is 4.62. The molecule has 1 aromatic rings. The molecule has 1 heterocycles. The summed E-state index contributed by atoms with van der Waals surface area (Å²) in [4.78, 5) is 2.52. The van der Waals surface area contributed by atoms with Gasteiger partial charge in [0, 0.05) is 25.3 Å². The SMILES string of the molecule is CC(CNCc1ccc(N2CCCCC2)cc1)C1CC1. The van der Waals surface area contributed by atoms with Crippen LogP contribution in [0.1, 0.15) is 44.6 Å². The van der Waals surface area contributed by atoms with E-state index in [9.17, 15) is 0 Å². The maximum atomic E-state index is 3.61. The molecule has 2 fully saturated rings. The highest BCUT2D eigenvalue weighted by Gasteiger charge is 2.27. The Morgan fingerprint density at radius 2 is 1.80 bits per heavy atom. The third-order valence-corrected chi connectivity index (χ3v) is 4.88. The lowest BCUT2D eigenvalue weighted by Crippen LogP contribution is -2.29. The van der Waals surface area contributed by atoms with Crippen molar-refractivity contribution in [3.8, 4) is 0 Å². The summed E-state index contributed by atoms with van der Waals surface area (Å²) in [6.45, 7) is 7.02. The molecule has 1 aliphatic carbocycles. The van der Waals surface area contributed by atoms with Gasteiger partial charge in [0.25, 0.3) is 0 Å². The maximum absolute atomic E-state index is 3.61. The van der Waals surface area contributed by atoms with Crippen LogP contribution in [0.25, 0.3) is 0 Å². The van der Waals surface area contributed by atoms with Crippen molar-refractivity contribution in [2.75, 3.05) is 24.5 Å². The third-order valence-electron chi connectivity index (χ3n) is 4.88. The second-order valence-electron chi connectivity index (χ2n) is 6.66. The molecule has 1 saturated heterocycles. The van der Waals surface area contributed by atoms with Gasteiger partial charge in [-0.05, 0) is 68.2 Å². The molecule has 0 spiro atoms. The summed E-state index contributed by atoms with van der Waals surface area (Å²) in [6.07, 6.45) is 7.00. The minimum Gasteiger partial charge on any atom is -0.372 e. The summed E-state index contributed by atoms with van der Waals surface area (Å²) in [5.41, 5.74) is 2.81. The highest BCUT2D eigenvalue weighted by molar-refractivity contribution is 5.47. The smallest absolute Gasteiger partial charge is 0.0366 e. The molecule has 110 valence electrons. The molecule has 1 saturated carbocycles. The van der Waals surface area contributed by atoms with E-state index in [1.165, 1.54) is 63.0 Å². The minimum atomic E-state index is 0.850. The molecule has 20 heavy (non-hydrogen) atoms. The fraction of sp³-hybridized carbons (Fsp3) is 0.667. The first-order valence-electron chi connectivity index (χ1n) is 8.37. The van der Waals surface area contributed by atoms with E-state index in [0.717, 1.165) is 18.4 Å². The minimum absolute atomic E-state index is 0.850. The van der Waals surface area contributed by atoms with Crippen molar-refractivity contribution in [1.82, 2.24) is 5.32 Å². The van der Waals surface area contributed by atoms with Gasteiger partial charge in [-0.3, -0.25) is 0 Å². The highest BCUT2D eigenvalue weighted by atomic mass is 15.1. The van der Waals surface area contributed by atoms with Crippen LogP contribution in [0.3, 0.4) is 0 Å². The van der Waals surface area contributed by atoms with Gasteiger partial charge in [0.1, 0.15) is 0 Å². The third kappa shape index (κ3) is 3.76. The molecule has 1 atom stereocenters. The lowest BCUT2D eigenvalue weighted by molar-refractivity contribution is 0.461. The lowest BCUT2D eigenvalue weighted by atomic mass is 10.1. The molecule has 0 bridgehead atoms. The summed E-state index contributed by atoms with van der Waals surface area (Å²) in [5.74, 6) is 1.85. The average molecular weight is 272 g/mol. The fourth-order valence-electron chi connectivity index (χ4n) is 3.25. The van der Waals surface area contributed by atoms with Crippen LogP contribution in [-0.2, 0) is 6.54 Å². The fourth-order valence-corrected chi connectivity index (χ4v) is 3.25. The number of hydrogen-bond donors (Lipinski definition) is 1. The van der Waals surface area contributed by atoms with Crippen LogP contribution in [-0.4, -0.2) is 19.6 Å². The summed E-state index contributed by atoms with van der Waals surface area (Å²) in [5, 5.41) is 3.61. The largest absolute Gasteiger partial charge is 0.372 e. The lowest BCUT2D eigenvalue weighted by Gasteiger charge is -2.28. The van der Waals surface area contributed by atoms with Crippen molar-refractivity contribution in [2.24, 2.45) is 11.8 Å². The van der Waals surface area contributed by atoms with Crippen LogP contribution >= 0.6 is 0 Å². The molecule has 0 aromatic heterocycles. The van der Waals surface area contributed by atoms with E-state index in [4.69, 9.17) is 0 Å². The molecule has 2 aliphatic rings. The van der Waals surface area contributed by atoms with Crippen LogP contribution in [0.4, 0.5) is 5.69 Å². The summed E-state index contributed by atoms with van der Waals surface area (Å²) >= 11 is 0. The second-order valence-corrected chi connectivity index (χ2v) is 6.66. The monoisotopic (exact) mass is 272 g/mol. The van der Waals surface area contributed by atoms with Gasteiger partial charge in [-0.25, -0.2) is 0 Å². The molecule has 1 N–H and O–H groups in total. The van der Waals surface area contributed by atoms with Crippen molar-refractivity contribution >= 4 is 5.69 Å². The molecule has 0 amide bonds. The molecular weight excluding hydrogens is 244 g/mol. The van der Waals surface area contributed by atoms with E-state index in [0.29, 0.717) is 0 Å². The number of rotatable bonds is 6. The van der Waals surface area contributed by atoms with E-state index in [1.807, 2.05) is 0 Å². The van der Waals surface area contributed by atoms with Gasteiger partial charge in [-0.15, -0.1) is 0 Å². The quantitative estimate of drug-likeness (QED) is 0.847. The van der Waals surface area contributed by atoms with Gasteiger partial charge >= 0.3 is 0 Å². The number of nitrogens with zero attached hydrogens (tertiary/aromatic N) is 1. The zero-order valence-corrected chi connectivity index (χ0v) is 12.8. The zero-order valence-electron chi connectivity index (χ0n) is 12.8. The van der Waals surface area contributed by atoms with E-state index in [1.54, 1.807) is 0 Å². The van der Waals surface area contributed by atoms with Gasteiger partial charge in [-0.1, -0.05) is 19.1 Å². The van der Waals surface area contributed by atoms with Crippen LogP contribution in [0, 0.1) is 11.8 Å². The Balaban J connectivity index is 1.45. The van der Waals surface area contributed by atoms with E-state index >= 15 is 0 Å².